The Morgan fingerprint density at radius 1 is 1.62 bits per heavy atom. The minimum atomic E-state index is -0.176. The SMILES string of the molecule is CC1(C)C(=O)CC1c1csc(Cl)c1. The van der Waals surface area contributed by atoms with Crippen LogP contribution < -0.4 is 0 Å². The summed E-state index contributed by atoms with van der Waals surface area (Å²) in [5, 5.41) is 2.06. The van der Waals surface area contributed by atoms with Gasteiger partial charge in [0.05, 0.1) is 4.34 Å². The summed E-state index contributed by atoms with van der Waals surface area (Å²) in [6.07, 6.45) is 0.681. The van der Waals surface area contributed by atoms with Gasteiger partial charge < -0.3 is 0 Å². The van der Waals surface area contributed by atoms with E-state index in [1.54, 1.807) is 0 Å². The Labute approximate surface area is 86.7 Å². The number of hydrogen-bond donors (Lipinski definition) is 0. The summed E-state index contributed by atoms with van der Waals surface area (Å²) < 4.78 is 0.810. The molecule has 13 heavy (non-hydrogen) atoms. The van der Waals surface area contributed by atoms with Crippen LogP contribution in [0.4, 0.5) is 0 Å². The molecule has 0 N–H and O–H groups in total. The van der Waals surface area contributed by atoms with Crippen LogP contribution >= 0.6 is 22.9 Å². The molecule has 0 amide bonds. The molecule has 3 heteroatoms. The Morgan fingerprint density at radius 3 is 2.69 bits per heavy atom. The van der Waals surface area contributed by atoms with Gasteiger partial charge >= 0.3 is 0 Å². The van der Waals surface area contributed by atoms with Gasteiger partial charge in [-0.2, -0.15) is 0 Å². The number of thiophene rings is 1. The molecule has 1 aliphatic rings. The van der Waals surface area contributed by atoms with E-state index in [1.807, 2.05) is 19.9 Å². The van der Waals surface area contributed by atoms with Crippen LogP contribution in [0.25, 0.3) is 0 Å². The fraction of sp³-hybridized carbons (Fsp3) is 0.500. The number of halogens is 1. The predicted octanol–water partition coefficient (Wildman–Crippen LogP) is 3.48. The fourth-order valence-corrected chi connectivity index (χ4v) is 2.75. The van der Waals surface area contributed by atoms with Gasteiger partial charge in [0.1, 0.15) is 5.78 Å². The van der Waals surface area contributed by atoms with Crippen LogP contribution in [0.2, 0.25) is 4.34 Å². The first-order valence-corrected chi connectivity index (χ1v) is 5.55. The highest BCUT2D eigenvalue weighted by Crippen LogP contribution is 2.50. The van der Waals surface area contributed by atoms with Gasteiger partial charge in [0.15, 0.2) is 0 Å². The van der Waals surface area contributed by atoms with Crippen LogP contribution in [-0.2, 0) is 4.79 Å². The van der Waals surface area contributed by atoms with Gasteiger partial charge in [0.2, 0.25) is 0 Å². The zero-order chi connectivity index (χ0) is 9.64. The van der Waals surface area contributed by atoms with Crippen LogP contribution in [0.15, 0.2) is 11.4 Å². The van der Waals surface area contributed by atoms with Crippen molar-refractivity contribution in [3.05, 3.63) is 21.3 Å². The number of hydrogen-bond acceptors (Lipinski definition) is 2. The fourth-order valence-electron chi connectivity index (χ4n) is 1.81. The Balaban J connectivity index is 2.26. The largest absolute Gasteiger partial charge is 0.299 e. The molecule has 1 unspecified atom stereocenters. The lowest BCUT2D eigenvalue weighted by Crippen LogP contribution is -2.43. The van der Waals surface area contributed by atoms with Crippen molar-refractivity contribution in [2.24, 2.45) is 5.41 Å². The van der Waals surface area contributed by atoms with Gasteiger partial charge in [-0.25, -0.2) is 0 Å². The van der Waals surface area contributed by atoms with Crippen LogP contribution in [0.1, 0.15) is 31.7 Å². The normalized spacial score (nSPS) is 25.8. The third-order valence-electron chi connectivity index (χ3n) is 2.97. The zero-order valence-electron chi connectivity index (χ0n) is 7.63. The van der Waals surface area contributed by atoms with E-state index in [4.69, 9.17) is 11.6 Å². The van der Waals surface area contributed by atoms with E-state index in [0.717, 1.165) is 4.34 Å². The van der Waals surface area contributed by atoms with Gasteiger partial charge in [-0.15, -0.1) is 11.3 Å². The van der Waals surface area contributed by atoms with Crippen molar-refractivity contribution >= 4 is 28.7 Å². The minimum Gasteiger partial charge on any atom is -0.299 e. The van der Waals surface area contributed by atoms with Gasteiger partial charge in [0.25, 0.3) is 0 Å². The number of Topliss-reactive ketones (excluding diaryl/α,β-unsaturated/α-hetero) is 1. The maximum atomic E-state index is 11.3. The van der Waals surface area contributed by atoms with E-state index in [9.17, 15) is 4.79 Å². The van der Waals surface area contributed by atoms with E-state index in [2.05, 4.69) is 5.38 Å². The van der Waals surface area contributed by atoms with Crippen molar-refractivity contribution in [3.8, 4) is 0 Å². The molecule has 1 saturated carbocycles. The molecule has 0 saturated heterocycles. The maximum absolute atomic E-state index is 11.3. The second-order valence-electron chi connectivity index (χ2n) is 4.09. The highest BCUT2D eigenvalue weighted by molar-refractivity contribution is 7.14. The Bertz CT molecular complexity index is 354. The summed E-state index contributed by atoms with van der Waals surface area (Å²) in [5.74, 6) is 0.739. The van der Waals surface area contributed by atoms with Crippen molar-refractivity contribution in [2.75, 3.05) is 0 Å². The highest BCUT2D eigenvalue weighted by Gasteiger charge is 2.47. The second kappa shape index (κ2) is 2.82. The second-order valence-corrected chi connectivity index (χ2v) is 5.63. The predicted molar refractivity (Wildman–Crippen MR) is 55.5 cm³/mol. The number of rotatable bonds is 1. The zero-order valence-corrected chi connectivity index (χ0v) is 9.21. The summed E-state index contributed by atoms with van der Waals surface area (Å²) in [4.78, 5) is 11.3. The molecule has 2 rings (SSSR count). The first-order chi connectivity index (χ1) is 6.01. The summed E-state index contributed by atoms with van der Waals surface area (Å²) in [7, 11) is 0. The molecule has 0 radical (unpaired) electrons. The molecule has 70 valence electrons. The van der Waals surface area contributed by atoms with Crippen LogP contribution in [0.3, 0.4) is 0 Å². The molecule has 0 aliphatic heterocycles. The van der Waals surface area contributed by atoms with Crippen molar-refractivity contribution in [1.82, 2.24) is 0 Å². The van der Waals surface area contributed by atoms with Crippen molar-refractivity contribution in [3.63, 3.8) is 0 Å². The molecule has 1 nitrogen and oxygen atoms in total. The Kier molecular flexibility index (Phi) is 2.00. The molecule has 1 heterocycles. The van der Waals surface area contributed by atoms with E-state index in [-0.39, 0.29) is 5.41 Å². The summed E-state index contributed by atoms with van der Waals surface area (Å²) in [6.45, 7) is 4.02. The third-order valence-corrected chi connectivity index (χ3v) is 4.08. The minimum absolute atomic E-state index is 0.176. The average Bonchev–Trinajstić information content (AvgIpc) is 2.47. The van der Waals surface area contributed by atoms with Gasteiger partial charge in [-0.3, -0.25) is 4.79 Å². The monoisotopic (exact) mass is 214 g/mol. The smallest absolute Gasteiger partial charge is 0.139 e. The maximum Gasteiger partial charge on any atom is 0.139 e. The lowest BCUT2D eigenvalue weighted by Gasteiger charge is -2.42. The van der Waals surface area contributed by atoms with Crippen molar-refractivity contribution in [2.45, 2.75) is 26.2 Å². The highest BCUT2D eigenvalue weighted by atomic mass is 35.5. The molecular weight excluding hydrogens is 204 g/mol. The number of ketones is 1. The molecule has 1 aliphatic carbocycles. The Hall–Kier alpha value is -0.340. The average molecular weight is 215 g/mol. The quantitative estimate of drug-likeness (QED) is 0.700. The molecule has 0 spiro atoms. The van der Waals surface area contributed by atoms with E-state index < -0.39 is 0 Å². The summed E-state index contributed by atoms with van der Waals surface area (Å²) in [5.41, 5.74) is 1.05. The van der Waals surface area contributed by atoms with Crippen molar-refractivity contribution in [1.29, 1.82) is 0 Å². The molecule has 1 aromatic heterocycles. The van der Waals surface area contributed by atoms with Gasteiger partial charge in [0, 0.05) is 17.8 Å². The molecular formula is C10H11ClOS. The molecule has 1 aromatic rings. The van der Waals surface area contributed by atoms with E-state index in [1.165, 1.54) is 16.9 Å². The Morgan fingerprint density at radius 2 is 2.31 bits per heavy atom. The number of carbonyl (C=O) groups is 1. The lowest BCUT2D eigenvalue weighted by atomic mass is 9.59. The summed E-state index contributed by atoms with van der Waals surface area (Å²) in [6, 6.07) is 1.98. The van der Waals surface area contributed by atoms with Gasteiger partial charge in [-0.1, -0.05) is 25.4 Å². The lowest BCUT2D eigenvalue weighted by molar-refractivity contribution is -0.137. The molecule has 0 aromatic carbocycles. The van der Waals surface area contributed by atoms with Crippen molar-refractivity contribution < 1.29 is 4.79 Å². The molecule has 0 bridgehead atoms. The van der Waals surface area contributed by atoms with Crippen LogP contribution in [0.5, 0.6) is 0 Å². The topological polar surface area (TPSA) is 17.1 Å². The molecule has 1 atom stereocenters. The standard InChI is InChI=1S/C10H11ClOS/c1-10(2)7(4-8(10)12)6-3-9(11)13-5-6/h3,5,7H,4H2,1-2H3. The van der Waals surface area contributed by atoms with E-state index in [0.29, 0.717) is 18.1 Å². The van der Waals surface area contributed by atoms with Crippen LogP contribution in [-0.4, -0.2) is 5.78 Å². The van der Waals surface area contributed by atoms with Crippen LogP contribution in [0, 0.1) is 5.41 Å². The summed E-state index contributed by atoms with van der Waals surface area (Å²) >= 11 is 7.39. The first-order valence-electron chi connectivity index (χ1n) is 4.29. The first kappa shape index (κ1) is 9.22. The molecule has 1 fully saturated rings. The number of carbonyl (C=O) groups excluding carboxylic acids is 1. The van der Waals surface area contributed by atoms with Gasteiger partial charge in [-0.05, 0) is 17.0 Å². The van der Waals surface area contributed by atoms with E-state index >= 15 is 0 Å². The third kappa shape index (κ3) is 1.32.